The molecule has 0 aliphatic carbocycles. The third kappa shape index (κ3) is 30.3. The minimum Gasteiger partial charge on any atom is -0.543 e. The van der Waals surface area contributed by atoms with Gasteiger partial charge in [-0.15, -0.1) is 0 Å². The SMILES string of the molecule is CC/C(=C(/c1ccc(OCC(=O)CCCCCCCSCCCC(C)(F)F)cc1)c1ccc(O[Si](C(C)C)(C(C)C)C(C)C)cc1)c1ccccc1.CC/C(=C(/c1ccc(OCCCCCCCCCSCCCC(C)(F)F)cc1)c1ccc(O[Si](C(C)C)(C(C)C)C(C)C)cc1)c1ccccc1.[B]. The van der Waals surface area contributed by atoms with Crippen molar-refractivity contribution in [2.45, 2.75) is 278 Å². The van der Waals surface area contributed by atoms with Crippen molar-refractivity contribution in [3.05, 3.63) is 191 Å². The standard InChI is InChI=1S/C45H64F2O3SSi.C45H66F2O2SSi.B/c1-9-43(37-19-14-13-15-20-37)44(39-24-28-42(29-25-39)50-52(34(2)3,35(4)5)36(6)7)38-22-26-41(27-23-38)49-33-40(48)21-16-11-10-12-17-31-51-32-18-30-45(8,46)47;1-9-43(38-21-16-15-17-22-38)44(40-25-29-42(30-26-40)49-51(35(2)3,36(4)5)37(6)7)39-23-27-41(28-24-39)48-32-18-13-11-10-12-14-19-33-50-34-20-31-45(8,46)47;/h13-15,19-20,22-29,34-36H,9-12,16-18,21,30-33H2,1-8H3;15-17,21-30,35-37H,9-14,18-20,31-34H2,1-8H3;/b2*44-43+;. The molecular formula is C90H130BF4O5S2Si2. The second-order valence-corrected chi connectivity index (χ2v) is 43.5. The lowest BCUT2D eigenvalue weighted by atomic mass is 9.88. The highest BCUT2D eigenvalue weighted by Gasteiger charge is 2.48. The Morgan fingerprint density at radius 3 is 0.971 bits per heavy atom. The van der Waals surface area contributed by atoms with E-state index in [9.17, 15) is 22.4 Å². The monoisotopic (exact) mass is 1500 g/mol. The van der Waals surface area contributed by atoms with Gasteiger partial charge in [0.25, 0.3) is 16.6 Å². The molecule has 0 saturated heterocycles. The van der Waals surface area contributed by atoms with Gasteiger partial charge in [0, 0.05) is 27.7 Å². The number of carbonyl (C=O) groups is 1. The number of halogens is 4. The van der Waals surface area contributed by atoms with Crippen molar-refractivity contribution >= 4 is 76.6 Å². The molecule has 0 aliphatic heterocycles. The fourth-order valence-electron chi connectivity index (χ4n) is 15.1. The Balaban J connectivity index is 0.000000436. The highest BCUT2D eigenvalue weighted by Crippen LogP contribution is 2.46. The molecule has 5 nitrogen and oxygen atoms in total. The van der Waals surface area contributed by atoms with Crippen LogP contribution in [0.25, 0.3) is 22.3 Å². The number of hydrogen-bond acceptors (Lipinski definition) is 7. The molecule has 0 aliphatic rings. The molecule has 0 saturated carbocycles. The molecule has 6 rings (SSSR count). The van der Waals surface area contributed by atoms with E-state index in [1.807, 2.05) is 23.9 Å². The highest BCUT2D eigenvalue weighted by atomic mass is 32.2. The predicted molar refractivity (Wildman–Crippen MR) is 451 cm³/mol. The number of hydrogen-bond donors (Lipinski definition) is 0. The average molecular weight is 1500 g/mol. The molecule has 571 valence electrons. The Morgan fingerprint density at radius 2 is 0.654 bits per heavy atom. The minimum absolute atomic E-state index is 0. The van der Waals surface area contributed by atoms with Crippen LogP contribution in [0.4, 0.5) is 17.6 Å². The van der Waals surface area contributed by atoms with Gasteiger partial charge >= 0.3 is 0 Å². The molecule has 0 aromatic heterocycles. The van der Waals surface area contributed by atoms with Gasteiger partial charge in [-0.3, -0.25) is 4.79 Å². The summed E-state index contributed by atoms with van der Waals surface area (Å²) >= 11 is 3.58. The number of ether oxygens (including phenoxy) is 2. The summed E-state index contributed by atoms with van der Waals surface area (Å²) in [5, 5.41) is 0. The number of ketones is 1. The number of Topliss-reactive ketones (excluding diaryl/α,β-unsaturated/α-hetero) is 1. The number of allylic oxidation sites excluding steroid dienone is 2. The fraction of sp³-hybridized carbons (Fsp3) is 0.544. The number of alkyl halides is 4. The Labute approximate surface area is 641 Å². The van der Waals surface area contributed by atoms with Crippen LogP contribution in [0, 0.1) is 0 Å². The molecule has 6 aromatic carbocycles. The molecular weight excluding hydrogens is 1370 g/mol. The maximum absolute atomic E-state index is 12.9. The smallest absolute Gasteiger partial charge is 0.258 e. The highest BCUT2D eigenvalue weighted by molar-refractivity contribution is 7.99. The summed E-state index contributed by atoms with van der Waals surface area (Å²) in [6.07, 6.45) is 17.0. The van der Waals surface area contributed by atoms with E-state index in [1.165, 1.54) is 83.1 Å². The molecule has 0 heterocycles. The molecule has 0 fully saturated rings. The third-order valence-corrected chi connectivity index (χ3v) is 34.6. The van der Waals surface area contributed by atoms with Gasteiger partial charge in [0.2, 0.25) is 11.8 Å². The van der Waals surface area contributed by atoms with Gasteiger partial charge < -0.3 is 18.3 Å². The summed E-state index contributed by atoms with van der Waals surface area (Å²) in [7, 11) is -4.12. The predicted octanol–water partition coefficient (Wildman–Crippen LogP) is 28.6. The minimum atomic E-state index is -2.55. The van der Waals surface area contributed by atoms with Crippen molar-refractivity contribution in [3.63, 3.8) is 0 Å². The van der Waals surface area contributed by atoms with E-state index in [0.29, 0.717) is 58.3 Å². The normalized spacial score (nSPS) is 12.7. The van der Waals surface area contributed by atoms with Gasteiger partial charge in [-0.25, -0.2) is 17.6 Å². The van der Waals surface area contributed by atoms with E-state index < -0.39 is 28.5 Å². The van der Waals surface area contributed by atoms with E-state index in [1.54, 1.807) is 11.8 Å². The van der Waals surface area contributed by atoms with E-state index in [2.05, 4.69) is 243 Å². The van der Waals surface area contributed by atoms with Crippen LogP contribution in [-0.2, 0) is 4.79 Å². The molecule has 14 heteroatoms. The van der Waals surface area contributed by atoms with Crippen LogP contribution < -0.4 is 18.3 Å². The first kappa shape index (κ1) is 91.0. The first-order chi connectivity index (χ1) is 49.2. The van der Waals surface area contributed by atoms with Gasteiger partial charge in [-0.2, -0.15) is 23.5 Å². The first-order valence-corrected chi connectivity index (χ1v) is 45.8. The van der Waals surface area contributed by atoms with Gasteiger partial charge in [0.05, 0.1) is 6.61 Å². The fourth-order valence-corrected chi connectivity index (χ4v) is 27.6. The maximum Gasteiger partial charge on any atom is 0.258 e. The number of rotatable bonds is 48. The zero-order valence-corrected chi connectivity index (χ0v) is 70.2. The Hall–Kier alpha value is -5.41. The van der Waals surface area contributed by atoms with E-state index in [0.717, 1.165) is 123 Å². The van der Waals surface area contributed by atoms with Crippen LogP contribution in [0.5, 0.6) is 23.0 Å². The summed E-state index contributed by atoms with van der Waals surface area (Å²) in [6.45, 7) is 35.2. The van der Waals surface area contributed by atoms with Gasteiger partial charge in [-0.05, 0) is 226 Å². The Morgan fingerprint density at radius 1 is 0.365 bits per heavy atom. The molecule has 0 unspecified atom stereocenters. The quantitative estimate of drug-likeness (QED) is 0.0163. The summed E-state index contributed by atoms with van der Waals surface area (Å²) < 4.78 is 77.6. The van der Waals surface area contributed by atoms with Crippen LogP contribution in [0.15, 0.2) is 158 Å². The maximum atomic E-state index is 12.9. The number of benzene rings is 6. The summed E-state index contributed by atoms with van der Waals surface area (Å²) in [5.74, 6) is 2.33. The van der Waals surface area contributed by atoms with Crippen LogP contribution in [0.1, 0.15) is 266 Å². The van der Waals surface area contributed by atoms with Crippen molar-refractivity contribution in [2.24, 2.45) is 0 Å². The second-order valence-electron chi connectivity index (χ2n) is 30.3. The Kier molecular flexibility index (Phi) is 41.5. The molecule has 0 amide bonds. The van der Waals surface area contributed by atoms with Crippen molar-refractivity contribution in [3.8, 4) is 23.0 Å². The molecule has 0 bridgehead atoms. The zero-order chi connectivity index (χ0) is 75.4. The summed E-state index contributed by atoms with van der Waals surface area (Å²) in [4.78, 5) is 12.6. The average Bonchev–Trinajstić information content (AvgIpc) is 0.796. The van der Waals surface area contributed by atoms with Crippen LogP contribution >= 0.6 is 23.5 Å². The lowest BCUT2D eigenvalue weighted by Gasteiger charge is -2.42. The molecule has 0 spiro atoms. The van der Waals surface area contributed by atoms with Crippen LogP contribution in [0.3, 0.4) is 0 Å². The topological polar surface area (TPSA) is 54.0 Å². The third-order valence-electron chi connectivity index (χ3n) is 20.3. The summed E-state index contributed by atoms with van der Waals surface area (Å²) in [6, 6.07) is 55.7. The van der Waals surface area contributed by atoms with Gasteiger partial charge in [0.1, 0.15) is 29.6 Å². The van der Waals surface area contributed by atoms with Crippen LogP contribution in [-0.4, -0.2) is 78.9 Å². The van der Waals surface area contributed by atoms with Gasteiger partial charge in [0.15, 0.2) is 5.78 Å². The molecule has 0 N–H and O–H groups in total. The lowest BCUT2D eigenvalue weighted by Crippen LogP contribution is -2.50. The first-order valence-electron chi connectivity index (χ1n) is 39.2. The molecule has 3 radical (unpaired) electrons. The molecule has 0 atom stereocenters. The van der Waals surface area contributed by atoms with Crippen LogP contribution in [0.2, 0.25) is 33.2 Å². The van der Waals surface area contributed by atoms with Crippen molar-refractivity contribution in [1.82, 2.24) is 0 Å². The second kappa shape index (κ2) is 47.4. The molecule has 104 heavy (non-hydrogen) atoms. The van der Waals surface area contributed by atoms with Crippen molar-refractivity contribution < 1.29 is 40.7 Å². The number of unbranched alkanes of at least 4 members (excludes halogenated alkanes) is 10. The van der Waals surface area contributed by atoms with Gasteiger partial charge in [-0.1, -0.05) is 257 Å². The lowest BCUT2D eigenvalue weighted by molar-refractivity contribution is -0.121. The number of carbonyl (C=O) groups excluding carboxylic acids is 1. The van der Waals surface area contributed by atoms with E-state index in [-0.39, 0.29) is 33.6 Å². The molecule has 6 aromatic rings. The van der Waals surface area contributed by atoms with Crippen molar-refractivity contribution in [1.29, 1.82) is 0 Å². The Bertz CT molecular complexity index is 3330. The largest absolute Gasteiger partial charge is 0.543 e. The number of thioether (sulfide) groups is 2. The zero-order valence-electron chi connectivity index (χ0n) is 66.6. The summed E-state index contributed by atoms with van der Waals surface area (Å²) in [5.41, 5.74) is 15.2. The van der Waals surface area contributed by atoms with E-state index in [4.69, 9.17) is 18.3 Å². The van der Waals surface area contributed by atoms with Crippen molar-refractivity contribution in [2.75, 3.05) is 36.2 Å². The van der Waals surface area contributed by atoms with E-state index >= 15 is 0 Å².